The molecule has 0 aliphatic carbocycles. The van der Waals surface area contributed by atoms with Crippen LogP contribution in [-0.4, -0.2) is 245 Å². The summed E-state index contributed by atoms with van der Waals surface area (Å²) in [6.45, 7) is -2.88. The number of carbonyl (C=O) groups is 8. The van der Waals surface area contributed by atoms with E-state index in [0.717, 1.165) is 0 Å². The number of fused-ring (bicyclic) bond motifs is 10. The summed E-state index contributed by atoms with van der Waals surface area (Å²) in [6, 6.07) is 4.01. The van der Waals surface area contributed by atoms with E-state index in [-0.39, 0.29) is 18.2 Å². The number of benzene rings is 8. The number of phenolic OH excluding ortho intramolecular Hbond substituents is 22. The topological polar surface area (TPSA) is 733 Å². The maximum Gasteiger partial charge on any atom is 0.342 e. The van der Waals surface area contributed by atoms with Crippen LogP contribution in [0.3, 0.4) is 0 Å². The van der Waals surface area contributed by atoms with Crippen LogP contribution in [0.5, 0.6) is 149 Å². The fourth-order valence-corrected chi connectivity index (χ4v) is 11.6. The normalized spacial score (nSPS) is 21.2. The van der Waals surface area contributed by atoms with Gasteiger partial charge in [0.15, 0.2) is 122 Å². The maximum absolute atomic E-state index is 15.3. The average molecular weight is 1570 g/mol. The van der Waals surface area contributed by atoms with E-state index < -0.39 is 328 Å². The molecule has 0 aromatic heterocycles. The molecule has 2 fully saturated rings. The number of ether oxygens (including phenoxy) is 12. The van der Waals surface area contributed by atoms with E-state index in [0.29, 0.717) is 54.6 Å². The van der Waals surface area contributed by atoms with Gasteiger partial charge in [0.25, 0.3) is 0 Å². The first-order chi connectivity index (χ1) is 52.8. The van der Waals surface area contributed by atoms with E-state index >= 15 is 14.4 Å². The Morgan fingerprint density at radius 2 is 0.714 bits per heavy atom. The molecular formula is C68H50O44. The third-order valence-corrected chi connectivity index (χ3v) is 17.1. The van der Waals surface area contributed by atoms with Gasteiger partial charge in [-0.15, -0.1) is 0 Å². The predicted molar refractivity (Wildman–Crippen MR) is 345 cm³/mol. The van der Waals surface area contributed by atoms with Gasteiger partial charge in [0.05, 0.1) is 40.0 Å². The first-order valence-electron chi connectivity index (χ1n) is 31.1. The van der Waals surface area contributed by atoms with Gasteiger partial charge in [-0.05, 0) is 60.7 Å². The summed E-state index contributed by atoms with van der Waals surface area (Å²) in [5.74, 6) is -53.8. The summed E-state index contributed by atoms with van der Waals surface area (Å²) < 4.78 is 67.7. The summed E-state index contributed by atoms with van der Waals surface area (Å²) in [5, 5.41) is 262. The number of aliphatic hydroxyl groups is 2. The van der Waals surface area contributed by atoms with E-state index in [1.165, 1.54) is 0 Å². The lowest BCUT2D eigenvalue weighted by atomic mass is 9.92. The molecule has 5 aliphatic heterocycles. The quantitative estimate of drug-likeness (QED) is 0.0667. The molecule has 44 heteroatoms. The number of aliphatic hydroxyl groups excluding tert-OH is 2. The van der Waals surface area contributed by atoms with E-state index in [1.54, 1.807) is 0 Å². The van der Waals surface area contributed by atoms with Crippen molar-refractivity contribution in [2.75, 3.05) is 13.2 Å². The Labute approximate surface area is 616 Å². The number of hydrogen-bond acceptors (Lipinski definition) is 44. The number of esters is 8. The fraction of sp³-hybridized carbons (Fsp3) is 0.176. The minimum Gasteiger partial charge on any atom is -0.504 e. The lowest BCUT2D eigenvalue weighted by molar-refractivity contribution is -0.283. The zero-order chi connectivity index (χ0) is 81.6. The van der Waals surface area contributed by atoms with Gasteiger partial charge in [-0.25, -0.2) is 38.4 Å². The molecule has 0 radical (unpaired) electrons. The highest BCUT2D eigenvalue weighted by atomic mass is 16.8. The number of hydrogen-bond donors (Lipinski definition) is 24. The van der Waals surface area contributed by atoms with Crippen molar-refractivity contribution < 1.29 is 218 Å². The van der Waals surface area contributed by atoms with Gasteiger partial charge in [0.2, 0.25) is 70.8 Å². The van der Waals surface area contributed by atoms with Gasteiger partial charge in [-0.1, -0.05) is 0 Å². The second-order valence-electron chi connectivity index (χ2n) is 24.1. The van der Waals surface area contributed by atoms with Gasteiger partial charge in [-0.3, -0.25) is 0 Å². The highest BCUT2D eigenvalue weighted by Crippen LogP contribution is 2.56. The van der Waals surface area contributed by atoms with E-state index in [4.69, 9.17) is 56.8 Å². The molecule has 0 saturated carbocycles. The Hall–Kier alpha value is -15.4. The van der Waals surface area contributed by atoms with Crippen molar-refractivity contribution in [1.29, 1.82) is 0 Å². The third-order valence-electron chi connectivity index (χ3n) is 17.1. The third kappa shape index (κ3) is 13.5. The standard InChI is InChI=1S/C68H50O44/c69-13-35-46(88)55(107-59(93)15-1-23(70)39(81)24(71)2-15)57-67(103-35)111-61(95)17-6-32(79)53(33(80)7-17)105-52-22(12-31(78)45(87)50(52)92)66(100)110-58-56(108-60(94)16-3-25(72)40(82)26(73)4-16)54-36(14-101-63(97)19-9-28(75)42(84)47(89)37(19)38-20(64(98)106-54)10-29(76)43(85)48(38)90)104-68(58)112-62(96)18-5-27(74)41(83)34(8-18)102-51-21(65(99)109-57)11-30(77)44(86)49(51)91/h1-12,35-36,46,54-58,67-92H,13-14H2/t35-,36-,46-,54-,55+,56+,57-,58-,67+,68+/m1/s1. The second-order valence-corrected chi connectivity index (χ2v) is 24.1. The van der Waals surface area contributed by atoms with Crippen LogP contribution in [0, 0.1) is 0 Å². The first-order valence-corrected chi connectivity index (χ1v) is 31.1. The molecular weight excluding hydrogens is 1520 g/mol. The number of carbonyl (C=O) groups excluding carboxylic acids is 8. The minimum absolute atomic E-state index is 0.168. The van der Waals surface area contributed by atoms with Crippen molar-refractivity contribution in [3.8, 4) is 161 Å². The van der Waals surface area contributed by atoms with Crippen LogP contribution in [-0.2, 0) is 47.4 Å². The Bertz CT molecular complexity index is 5290. The summed E-state index contributed by atoms with van der Waals surface area (Å²) in [6.07, 6.45) is -27.1. The lowest BCUT2D eigenvalue weighted by Gasteiger charge is -2.43. The maximum atomic E-state index is 15.3. The van der Waals surface area contributed by atoms with Gasteiger partial charge in [-0.2, -0.15) is 0 Å². The number of phenols is 22. The molecule has 0 unspecified atom stereocenters. The van der Waals surface area contributed by atoms with Crippen molar-refractivity contribution in [3.05, 3.63) is 117 Å². The molecule has 0 spiro atoms. The van der Waals surface area contributed by atoms with Crippen LogP contribution < -0.4 is 9.47 Å². The Morgan fingerprint density at radius 1 is 0.348 bits per heavy atom. The summed E-state index contributed by atoms with van der Waals surface area (Å²) in [4.78, 5) is 118. The molecule has 24 N–H and O–H groups in total. The molecule has 13 rings (SSSR count). The molecule has 8 aromatic rings. The summed E-state index contributed by atoms with van der Waals surface area (Å²) >= 11 is 0. The van der Waals surface area contributed by atoms with E-state index in [1.807, 2.05) is 0 Å². The number of rotatable bonds is 5. The van der Waals surface area contributed by atoms with E-state index in [2.05, 4.69) is 0 Å². The van der Waals surface area contributed by atoms with Gasteiger partial charge in [0.1, 0.15) is 36.0 Å². The zero-order valence-electron chi connectivity index (χ0n) is 55.0. The van der Waals surface area contributed by atoms with E-state index in [9.17, 15) is 147 Å². The van der Waals surface area contributed by atoms with Crippen LogP contribution in [0.2, 0.25) is 0 Å². The first kappa shape index (κ1) is 76.2. The summed E-state index contributed by atoms with van der Waals surface area (Å²) in [7, 11) is 0. The van der Waals surface area contributed by atoms with Crippen LogP contribution in [0.25, 0.3) is 11.1 Å². The Morgan fingerprint density at radius 3 is 1.19 bits per heavy atom. The fourth-order valence-electron chi connectivity index (χ4n) is 11.6. The van der Waals surface area contributed by atoms with Crippen LogP contribution >= 0.6 is 0 Å². The molecule has 0 amide bonds. The molecule has 10 atom stereocenters. The minimum atomic E-state index is -3.07. The molecule has 112 heavy (non-hydrogen) atoms. The van der Waals surface area contributed by atoms with Crippen LogP contribution in [0.15, 0.2) is 72.8 Å². The van der Waals surface area contributed by atoms with Gasteiger partial charge >= 0.3 is 47.8 Å². The second kappa shape index (κ2) is 28.7. The molecule has 5 aliphatic rings. The van der Waals surface area contributed by atoms with Crippen molar-refractivity contribution in [2.24, 2.45) is 0 Å². The monoisotopic (exact) mass is 1570 g/mol. The van der Waals surface area contributed by atoms with Gasteiger partial charge < -0.3 is 179 Å². The molecule has 5 heterocycles. The molecule has 586 valence electrons. The predicted octanol–water partition coefficient (Wildman–Crippen LogP) is 2.19. The molecule has 4 bridgehead atoms. The largest absolute Gasteiger partial charge is 0.504 e. The van der Waals surface area contributed by atoms with Crippen molar-refractivity contribution in [1.82, 2.24) is 0 Å². The molecule has 2 saturated heterocycles. The summed E-state index contributed by atoms with van der Waals surface area (Å²) in [5.41, 5.74) is -12.1. The van der Waals surface area contributed by atoms with Gasteiger partial charge in [0, 0.05) is 23.3 Å². The van der Waals surface area contributed by atoms with Crippen molar-refractivity contribution in [3.63, 3.8) is 0 Å². The van der Waals surface area contributed by atoms with Crippen LogP contribution in [0.4, 0.5) is 0 Å². The zero-order valence-corrected chi connectivity index (χ0v) is 55.0. The van der Waals surface area contributed by atoms with Crippen molar-refractivity contribution in [2.45, 2.75) is 61.4 Å². The Kier molecular flexibility index (Phi) is 19.5. The molecule has 44 nitrogen and oxygen atoms in total. The van der Waals surface area contributed by atoms with Crippen molar-refractivity contribution >= 4 is 47.8 Å². The number of cyclic esters (lactones) is 1. The SMILES string of the molecule is O=C1O[C@@H]2O[C@@H]3COC(=O)c4cc(O)c(O)c(O)c4-c4c(cc(O)c(O)c4O)C(=O)O[C@H]3[C@H](OC(=O)c3cc(O)c(O)c(O)c3)[C@H]2OC(=O)c2cc(O)c(O)c(O)c2Oc2c(O)cc(cc2O)C(=O)O[C@@H]2O[C@H](CO)[C@@H](O)[C@H](OC(=O)c3cc(O)c(O)c(O)c3)[C@H]2OC(=O)c2cc(O)c(O)c(O)c2Oc2cc1cc(O)c2O. The average Bonchev–Trinajstić information content (AvgIpc) is 1.28. The lowest BCUT2D eigenvalue weighted by Crippen LogP contribution is -2.63. The highest BCUT2D eigenvalue weighted by molar-refractivity contribution is 6.09. The highest BCUT2D eigenvalue weighted by Gasteiger charge is 2.57. The molecule has 8 aromatic carbocycles. The Balaban J connectivity index is 1.06. The number of aromatic hydroxyl groups is 22. The van der Waals surface area contributed by atoms with Crippen LogP contribution in [0.1, 0.15) is 82.9 Å². The smallest absolute Gasteiger partial charge is 0.342 e.